The highest BCUT2D eigenvalue weighted by Crippen LogP contribution is 2.13. The van der Waals surface area contributed by atoms with Crippen LogP contribution in [0.1, 0.15) is 17.5 Å². The van der Waals surface area contributed by atoms with E-state index in [2.05, 4.69) is 33.8 Å². The Balaban J connectivity index is 1.69. The predicted octanol–water partition coefficient (Wildman–Crippen LogP) is 2.16. The van der Waals surface area contributed by atoms with Gasteiger partial charge in [0.15, 0.2) is 0 Å². The van der Waals surface area contributed by atoms with Gasteiger partial charge in [-0.2, -0.15) is 5.10 Å². The molecule has 1 aliphatic rings. The Morgan fingerprint density at radius 3 is 2.48 bits per heavy atom. The maximum atomic E-state index is 13.1. The molecule has 0 aliphatic carbocycles. The number of benzene rings is 1. The molecule has 1 aromatic carbocycles. The lowest BCUT2D eigenvalue weighted by Gasteiger charge is -2.36. The summed E-state index contributed by atoms with van der Waals surface area (Å²) in [5.41, 5.74) is 2.10. The van der Waals surface area contributed by atoms with Crippen LogP contribution in [0.5, 0.6) is 0 Å². The summed E-state index contributed by atoms with van der Waals surface area (Å²) in [6, 6.07) is 7.00. The van der Waals surface area contributed by atoms with Crippen molar-refractivity contribution in [1.82, 2.24) is 19.6 Å². The first-order valence-electron chi connectivity index (χ1n) is 8.77. The van der Waals surface area contributed by atoms with Crippen molar-refractivity contribution in [2.75, 3.05) is 33.2 Å². The van der Waals surface area contributed by atoms with Crippen molar-refractivity contribution in [3.05, 3.63) is 53.6 Å². The lowest BCUT2D eigenvalue weighted by molar-refractivity contribution is 0.129. The smallest absolute Gasteiger partial charge is 0.123 e. The van der Waals surface area contributed by atoms with E-state index >= 15 is 0 Å². The molecule has 1 unspecified atom stereocenters. The molecule has 3 rings (SSSR count). The third kappa shape index (κ3) is 5.15. The van der Waals surface area contributed by atoms with Gasteiger partial charge in [-0.25, -0.2) is 4.39 Å². The molecule has 1 fully saturated rings. The van der Waals surface area contributed by atoms with Gasteiger partial charge >= 0.3 is 0 Å². The topological polar surface area (TPSA) is 24.3 Å². The molecular weight excluding hydrogens is 315 g/mol. The van der Waals surface area contributed by atoms with Gasteiger partial charge < -0.3 is 4.90 Å². The van der Waals surface area contributed by atoms with Gasteiger partial charge in [0.25, 0.3) is 0 Å². The minimum atomic E-state index is -0.185. The van der Waals surface area contributed by atoms with E-state index in [4.69, 9.17) is 0 Å². The van der Waals surface area contributed by atoms with E-state index in [-0.39, 0.29) is 11.9 Å². The summed E-state index contributed by atoms with van der Waals surface area (Å²) >= 11 is 0. The lowest BCUT2D eigenvalue weighted by atomic mass is 10.0. The van der Waals surface area contributed by atoms with Crippen LogP contribution < -0.4 is 0 Å². The van der Waals surface area contributed by atoms with E-state index in [0.717, 1.165) is 50.1 Å². The largest absolute Gasteiger partial charge is 0.304 e. The van der Waals surface area contributed by atoms with Crippen molar-refractivity contribution in [2.24, 2.45) is 7.05 Å². The van der Waals surface area contributed by atoms with E-state index < -0.39 is 0 Å². The van der Waals surface area contributed by atoms with Crippen molar-refractivity contribution < 1.29 is 4.39 Å². The zero-order valence-corrected chi connectivity index (χ0v) is 15.0. The van der Waals surface area contributed by atoms with Gasteiger partial charge in [-0.3, -0.25) is 9.58 Å². The number of rotatable bonds is 4. The van der Waals surface area contributed by atoms with Crippen LogP contribution in [0.15, 0.2) is 36.7 Å². The first-order chi connectivity index (χ1) is 12.1. The van der Waals surface area contributed by atoms with Gasteiger partial charge in [0.1, 0.15) is 5.82 Å². The summed E-state index contributed by atoms with van der Waals surface area (Å²) in [5.74, 6) is 6.53. The minimum Gasteiger partial charge on any atom is -0.304 e. The average molecular weight is 340 g/mol. The zero-order chi connectivity index (χ0) is 17.6. The number of hydrogen-bond acceptors (Lipinski definition) is 3. The second kappa shape index (κ2) is 8.28. The number of halogens is 1. The van der Waals surface area contributed by atoms with Gasteiger partial charge in [0.05, 0.1) is 17.8 Å². The fraction of sp³-hybridized carbons (Fsp3) is 0.450. The summed E-state index contributed by atoms with van der Waals surface area (Å²) < 4.78 is 14.9. The number of piperazine rings is 1. The van der Waals surface area contributed by atoms with Crippen LogP contribution in [0.25, 0.3) is 0 Å². The molecular formula is C20H25FN4. The van der Waals surface area contributed by atoms with Crippen molar-refractivity contribution in [2.45, 2.75) is 18.9 Å². The third-order valence-corrected chi connectivity index (χ3v) is 4.69. The van der Waals surface area contributed by atoms with Crippen molar-refractivity contribution in [3.8, 4) is 11.8 Å². The second-order valence-corrected chi connectivity index (χ2v) is 6.69. The molecule has 132 valence electrons. The SMILES string of the molecule is CN1CCN(C(C#Cc2cnn(C)c2)CCc2ccc(F)cc2)CC1. The molecule has 1 saturated heterocycles. The molecule has 5 heteroatoms. The minimum absolute atomic E-state index is 0.185. The Bertz CT molecular complexity index is 733. The Hall–Kier alpha value is -2.16. The van der Waals surface area contributed by atoms with Crippen LogP contribution in [0.4, 0.5) is 4.39 Å². The maximum absolute atomic E-state index is 13.1. The normalized spacial score (nSPS) is 17.1. The Kier molecular flexibility index (Phi) is 5.85. The van der Waals surface area contributed by atoms with Crippen molar-refractivity contribution >= 4 is 0 Å². The molecule has 2 aromatic rings. The summed E-state index contributed by atoms with van der Waals surface area (Å²) in [6.07, 6.45) is 5.59. The van der Waals surface area contributed by atoms with Crippen LogP contribution in [0, 0.1) is 17.7 Å². The predicted molar refractivity (Wildman–Crippen MR) is 97.7 cm³/mol. The lowest BCUT2D eigenvalue weighted by Crippen LogP contribution is -2.48. The quantitative estimate of drug-likeness (QED) is 0.797. The Morgan fingerprint density at radius 1 is 1.12 bits per heavy atom. The average Bonchev–Trinajstić information content (AvgIpc) is 3.03. The van der Waals surface area contributed by atoms with Crippen molar-refractivity contribution in [3.63, 3.8) is 0 Å². The third-order valence-electron chi connectivity index (χ3n) is 4.69. The van der Waals surface area contributed by atoms with E-state index in [0.29, 0.717) is 0 Å². The number of hydrogen-bond donors (Lipinski definition) is 0. The van der Waals surface area contributed by atoms with Crippen molar-refractivity contribution in [1.29, 1.82) is 0 Å². The molecule has 0 saturated carbocycles. The van der Waals surface area contributed by atoms with E-state index in [1.165, 1.54) is 12.1 Å². The van der Waals surface area contributed by atoms with Gasteiger partial charge in [-0.05, 0) is 37.6 Å². The molecule has 0 radical (unpaired) electrons. The Labute approximate surface area is 149 Å². The van der Waals surface area contributed by atoms with Gasteiger partial charge in [-0.1, -0.05) is 24.0 Å². The molecule has 2 heterocycles. The fourth-order valence-corrected chi connectivity index (χ4v) is 3.09. The Morgan fingerprint density at radius 2 is 1.84 bits per heavy atom. The number of likely N-dealkylation sites (N-methyl/N-ethyl adjacent to an activating group) is 1. The molecule has 25 heavy (non-hydrogen) atoms. The van der Waals surface area contributed by atoms with Crippen LogP contribution in [-0.2, 0) is 13.5 Å². The molecule has 1 aromatic heterocycles. The monoisotopic (exact) mass is 340 g/mol. The summed E-state index contributed by atoms with van der Waals surface area (Å²) in [7, 11) is 4.06. The molecule has 1 aliphatic heterocycles. The van der Waals surface area contributed by atoms with E-state index in [1.807, 2.05) is 25.4 Å². The highest BCUT2D eigenvalue weighted by molar-refractivity contribution is 5.31. The molecule has 1 atom stereocenters. The van der Waals surface area contributed by atoms with Gasteiger partial charge in [0.2, 0.25) is 0 Å². The summed E-state index contributed by atoms with van der Waals surface area (Å²) in [6.45, 7) is 4.21. The van der Waals surface area contributed by atoms with E-state index in [1.54, 1.807) is 10.9 Å². The number of aryl methyl sites for hydroxylation is 2. The number of nitrogens with zero attached hydrogens (tertiary/aromatic N) is 4. The van der Waals surface area contributed by atoms with Crippen LogP contribution in [0.3, 0.4) is 0 Å². The van der Waals surface area contributed by atoms with Gasteiger partial charge in [0, 0.05) is 39.4 Å². The standard InChI is InChI=1S/C20H25FN4/c1-23-11-13-25(14-12-23)20(10-6-18-15-22-24(2)16-18)9-5-17-3-7-19(21)8-4-17/h3-4,7-8,15-16,20H,5,9,11-14H2,1-2H3. The van der Waals surface area contributed by atoms with E-state index in [9.17, 15) is 4.39 Å². The van der Waals surface area contributed by atoms with Crippen LogP contribution in [-0.4, -0.2) is 58.8 Å². The molecule has 4 nitrogen and oxygen atoms in total. The summed E-state index contributed by atoms with van der Waals surface area (Å²) in [4.78, 5) is 4.81. The first-order valence-corrected chi connectivity index (χ1v) is 8.77. The van der Waals surface area contributed by atoms with Gasteiger partial charge in [-0.15, -0.1) is 0 Å². The molecule has 0 bridgehead atoms. The maximum Gasteiger partial charge on any atom is 0.123 e. The highest BCUT2D eigenvalue weighted by atomic mass is 19.1. The zero-order valence-electron chi connectivity index (χ0n) is 15.0. The molecule has 0 N–H and O–H groups in total. The highest BCUT2D eigenvalue weighted by Gasteiger charge is 2.20. The van der Waals surface area contributed by atoms with Crippen LogP contribution >= 0.6 is 0 Å². The van der Waals surface area contributed by atoms with Crippen LogP contribution in [0.2, 0.25) is 0 Å². The fourth-order valence-electron chi connectivity index (χ4n) is 3.09. The molecule has 0 amide bonds. The molecule has 0 spiro atoms. The number of aromatic nitrogens is 2. The summed E-state index contributed by atoms with van der Waals surface area (Å²) in [5, 5.41) is 4.18. The second-order valence-electron chi connectivity index (χ2n) is 6.69. The first kappa shape index (κ1) is 17.7.